The summed E-state index contributed by atoms with van der Waals surface area (Å²) in [5, 5.41) is 0. The maximum absolute atomic E-state index is 5.67. The van der Waals surface area contributed by atoms with Crippen molar-refractivity contribution in [1.82, 2.24) is 4.98 Å². The second kappa shape index (κ2) is 4.61. The molecular formula is C10H14BrN3S. The molecule has 3 nitrogen and oxygen atoms in total. The maximum atomic E-state index is 5.67. The minimum atomic E-state index is 0.599. The molecule has 2 N–H and O–H groups in total. The van der Waals surface area contributed by atoms with Crippen LogP contribution in [-0.4, -0.2) is 29.6 Å². The van der Waals surface area contributed by atoms with Crippen LogP contribution in [-0.2, 0) is 0 Å². The smallest absolute Gasteiger partial charge is 0.143 e. The Kier molecular flexibility index (Phi) is 3.41. The molecule has 82 valence electrons. The highest BCUT2D eigenvalue weighted by Crippen LogP contribution is 2.30. The van der Waals surface area contributed by atoms with E-state index < -0.39 is 0 Å². The number of hydrogen-bond donors (Lipinski definition) is 1. The Balaban J connectivity index is 2.20. The van der Waals surface area contributed by atoms with E-state index in [1.807, 2.05) is 17.8 Å². The molecule has 1 fully saturated rings. The molecule has 1 aromatic rings. The van der Waals surface area contributed by atoms with Gasteiger partial charge in [-0.1, -0.05) is 0 Å². The van der Waals surface area contributed by atoms with Crippen LogP contribution in [0.25, 0.3) is 0 Å². The van der Waals surface area contributed by atoms with Crippen LogP contribution >= 0.6 is 27.7 Å². The SMILES string of the molecule is CN(c1ncc(N)cc1Br)C1CCSC1. The van der Waals surface area contributed by atoms with Crippen LogP contribution in [0.2, 0.25) is 0 Å². The fraction of sp³-hybridized carbons (Fsp3) is 0.500. The van der Waals surface area contributed by atoms with Gasteiger partial charge in [-0.15, -0.1) is 0 Å². The highest BCUT2D eigenvalue weighted by Gasteiger charge is 2.22. The second-order valence-corrected chi connectivity index (χ2v) is 5.71. The lowest BCUT2D eigenvalue weighted by atomic mass is 10.2. The largest absolute Gasteiger partial charge is 0.397 e. The molecular weight excluding hydrogens is 274 g/mol. The fourth-order valence-electron chi connectivity index (χ4n) is 1.71. The number of rotatable bonds is 2. The van der Waals surface area contributed by atoms with Gasteiger partial charge in [-0.2, -0.15) is 11.8 Å². The van der Waals surface area contributed by atoms with E-state index in [1.54, 1.807) is 6.20 Å². The molecule has 1 aliphatic rings. The number of nitrogen functional groups attached to an aromatic ring is 1. The molecule has 1 atom stereocenters. The molecule has 0 aliphatic carbocycles. The summed E-state index contributed by atoms with van der Waals surface area (Å²) >= 11 is 5.51. The Morgan fingerprint density at radius 2 is 2.47 bits per heavy atom. The van der Waals surface area contributed by atoms with Crippen molar-refractivity contribution in [2.75, 3.05) is 29.2 Å². The second-order valence-electron chi connectivity index (χ2n) is 3.70. The fourth-order valence-corrected chi connectivity index (χ4v) is 3.62. The number of nitrogens with zero attached hydrogens (tertiary/aromatic N) is 2. The number of thioether (sulfide) groups is 1. The van der Waals surface area contributed by atoms with Crippen LogP contribution in [0.15, 0.2) is 16.7 Å². The van der Waals surface area contributed by atoms with E-state index >= 15 is 0 Å². The van der Waals surface area contributed by atoms with Crippen molar-refractivity contribution in [3.63, 3.8) is 0 Å². The number of aromatic nitrogens is 1. The summed E-state index contributed by atoms with van der Waals surface area (Å²) < 4.78 is 0.974. The Morgan fingerprint density at radius 3 is 3.07 bits per heavy atom. The van der Waals surface area contributed by atoms with E-state index in [9.17, 15) is 0 Å². The van der Waals surface area contributed by atoms with E-state index in [0.29, 0.717) is 11.7 Å². The molecule has 2 heterocycles. The Morgan fingerprint density at radius 1 is 1.67 bits per heavy atom. The third kappa shape index (κ3) is 2.39. The third-order valence-electron chi connectivity index (χ3n) is 2.63. The Labute approximate surface area is 103 Å². The molecule has 1 saturated heterocycles. The summed E-state index contributed by atoms with van der Waals surface area (Å²) in [6, 6.07) is 2.50. The van der Waals surface area contributed by atoms with Gasteiger partial charge in [-0.05, 0) is 34.2 Å². The lowest BCUT2D eigenvalue weighted by Crippen LogP contribution is -2.32. The summed E-state index contributed by atoms with van der Waals surface area (Å²) in [5.41, 5.74) is 6.36. The van der Waals surface area contributed by atoms with Gasteiger partial charge in [0.2, 0.25) is 0 Å². The molecule has 0 bridgehead atoms. The van der Waals surface area contributed by atoms with Gasteiger partial charge in [0.25, 0.3) is 0 Å². The highest BCUT2D eigenvalue weighted by atomic mass is 79.9. The number of halogens is 1. The average Bonchev–Trinajstić information content (AvgIpc) is 2.69. The number of nitrogens with two attached hydrogens (primary N) is 1. The zero-order valence-electron chi connectivity index (χ0n) is 8.61. The predicted molar refractivity (Wildman–Crippen MR) is 70.5 cm³/mol. The van der Waals surface area contributed by atoms with Crippen LogP contribution < -0.4 is 10.6 Å². The lowest BCUT2D eigenvalue weighted by Gasteiger charge is -2.25. The third-order valence-corrected chi connectivity index (χ3v) is 4.36. The van der Waals surface area contributed by atoms with Crippen molar-refractivity contribution in [2.45, 2.75) is 12.5 Å². The molecule has 0 amide bonds. The number of hydrogen-bond acceptors (Lipinski definition) is 4. The first-order valence-corrected chi connectivity index (χ1v) is 6.85. The van der Waals surface area contributed by atoms with Crippen LogP contribution in [0.3, 0.4) is 0 Å². The summed E-state index contributed by atoms with van der Waals surface area (Å²) in [4.78, 5) is 6.61. The van der Waals surface area contributed by atoms with Crippen molar-refractivity contribution in [1.29, 1.82) is 0 Å². The van der Waals surface area contributed by atoms with Gasteiger partial charge < -0.3 is 10.6 Å². The summed E-state index contributed by atoms with van der Waals surface area (Å²) in [6.45, 7) is 0. The number of anilines is 2. The van der Waals surface area contributed by atoms with E-state index in [1.165, 1.54) is 17.9 Å². The zero-order chi connectivity index (χ0) is 10.8. The molecule has 5 heteroatoms. The van der Waals surface area contributed by atoms with Crippen molar-refractivity contribution in [2.24, 2.45) is 0 Å². The monoisotopic (exact) mass is 287 g/mol. The highest BCUT2D eigenvalue weighted by molar-refractivity contribution is 9.10. The van der Waals surface area contributed by atoms with Gasteiger partial charge in [0.15, 0.2) is 0 Å². The minimum absolute atomic E-state index is 0.599. The first kappa shape index (κ1) is 11.1. The lowest BCUT2D eigenvalue weighted by molar-refractivity contribution is 0.690. The summed E-state index contributed by atoms with van der Waals surface area (Å²) in [6.07, 6.45) is 2.94. The van der Waals surface area contributed by atoms with E-state index in [2.05, 4.69) is 32.9 Å². The first-order chi connectivity index (χ1) is 7.18. The summed E-state index contributed by atoms with van der Waals surface area (Å²) in [5.74, 6) is 3.42. The van der Waals surface area contributed by atoms with Crippen molar-refractivity contribution in [3.8, 4) is 0 Å². The molecule has 2 rings (SSSR count). The minimum Gasteiger partial charge on any atom is -0.397 e. The van der Waals surface area contributed by atoms with Gasteiger partial charge in [-0.3, -0.25) is 0 Å². The standard InChI is InChI=1S/C10H14BrN3S/c1-14(8-2-3-15-6-8)10-9(11)4-7(12)5-13-10/h4-5,8H,2-3,6,12H2,1H3. The molecule has 0 radical (unpaired) electrons. The van der Waals surface area contributed by atoms with E-state index in [0.717, 1.165) is 10.3 Å². The van der Waals surface area contributed by atoms with Gasteiger partial charge >= 0.3 is 0 Å². The molecule has 1 aliphatic heterocycles. The van der Waals surface area contributed by atoms with Gasteiger partial charge in [0.1, 0.15) is 5.82 Å². The van der Waals surface area contributed by atoms with Crippen molar-refractivity contribution in [3.05, 3.63) is 16.7 Å². The summed E-state index contributed by atoms with van der Waals surface area (Å²) in [7, 11) is 2.10. The Bertz CT molecular complexity index is 353. The normalized spacial score (nSPS) is 20.5. The predicted octanol–water partition coefficient (Wildman–Crippen LogP) is 2.37. The topological polar surface area (TPSA) is 42.2 Å². The van der Waals surface area contributed by atoms with Crippen molar-refractivity contribution >= 4 is 39.2 Å². The molecule has 0 saturated carbocycles. The van der Waals surface area contributed by atoms with Crippen LogP contribution in [0.1, 0.15) is 6.42 Å². The molecule has 1 unspecified atom stereocenters. The van der Waals surface area contributed by atoms with Crippen LogP contribution in [0.5, 0.6) is 0 Å². The van der Waals surface area contributed by atoms with Crippen LogP contribution in [0.4, 0.5) is 11.5 Å². The Hall–Kier alpha value is -0.420. The molecule has 1 aromatic heterocycles. The number of pyridine rings is 1. The van der Waals surface area contributed by atoms with E-state index in [-0.39, 0.29) is 0 Å². The zero-order valence-corrected chi connectivity index (χ0v) is 11.0. The molecule has 0 aromatic carbocycles. The molecule has 15 heavy (non-hydrogen) atoms. The average molecular weight is 288 g/mol. The maximum Gasteiger partial charge on any atom is 0.143 e. The van der Waals surface area contributed by atoms with Gasteiger partial charge in [0, 0.05) is 18.8 Å². The van der Waals surface area contributed by atoms with Gasteiger partial charge in [0.05, 0.1) is 16.4 Å². The van der Waals surface area contributed by atoms with Crippen molar-refractivity contribution < 1.29 is 0 Å². The molecule has 0 spiro atoms. The van der Waals surface area contributed by atoms with E-state index in [4.69, 9.17) is 5.73 Å². The first-order valence-electron chi connectivity index (χ1n) is 4.90. The van der Waals surface area contributed by atoms with Gasteiger partial charge in [-0.25, -0.2) is 4.98 Å². The quantitative estimate of drug-likeness (QED) is 0.907. The van der Waals surface area contributed by atoms with Crippen LogP contribution in [0, 0.1) is 0 Å².